The summed E-state index contributed by atoms with van der Waals surface area (Å²) < 4.78 is 23.6. The minimum absolute atomic E-state index is 0.0721. The molecule has 3 atom stereocenters. The van der Waals surface area contributed by atoms with E-state index in [0.29, 0.717) is 23.9 Å². The maximum Gasteiger partial charge on any atom is 0.472 e. The van der Waals surface area contributed by atoms with Gasteiger partial charge < -0.3 is 19.8 Å². The van der Waals surface area contributed by atoms with Gasteiger partial charge in [0.1, 0.15) is 13.2 Å². The normalized spacial score (nSPS) is 14.7. The van der Waals surface area contributed by atoms with E-state index in [1.165, 1.54) is 96.3 Å². The number of amides is 1. The first-order valence-corrected chi connectivity index (χ1v) is 22.7. The molecule has 0 aliphatic carbocycles. The molecule has 0 rings (SSSR count). The van der Waals surface area contributed by atoms with Crippen LogP contribution >= 0.6 is 7.82 Å². The van der Waals surface area contributed by atoms with Crippen LogP contribution in [0.2, 0.25) is 0 Å². The number of rotatable bonds is 38. The molecule has 302 valence electrons. The Kier molecular flexibility index (Phi) is 34.0. The van der Waals surface area contributed by atoms with Gasteiger partial charge >= 0.3 is 7.82 Å². The lowest BCUT2D eigenvalue weighted by atomic mass is 10.0. The summed E-state index contributed by atoms with van der Waals surface area (Å²) in [6, 6.07) is -0.764. The lowest BCUT2D eigenvalue weighted by Gasteiger charge is -2.26. The molecule has 0 aliphatic heterocycles. The number of aliphatic hydroxyl groups excluding tert-OH is 1. The van der Waals surface area contributed by atoms with Gasteiger partial charge in [-0.1, -0.05) is 160 Å². The van der Waals surface area contributed by atoms with E-state index in [1.54, 1.807) is 0 Å². The molecule has 0 bridgehead atoms. The van der Waals surface area contributed by atoms with Crippen molar-refractivity contribution in [2.75, 3.05) is 40.9 Å². The largest absolute Gasteiger partial charge is 0.472 e. The van der Waals surface area contributed by atoms with Gasteiger partial charge in [-0.2, -0.15) is 0 Å². The molecule has 9 heteroatoms. The fraction of sp³-hybridized carbons (Fsp3) is 0.881. The Morgan fingerprint density at radius 1 is 0.667 bits per heavy atom. The predicted octanol–water partition coefficient (Wildman–Crippen LogP) is 11.4. The van der Waals surface area contributed by atoms with Crippen molar-refractivity contribution in [1.29, 1.82) is 0 Å². The number of nitrogens with one attached hydrogen (secondary N) is 1. The number of likely N-dealkylation sites (N-methyl/N-ethyl adjacent to an activating group) is 1. The Morgan fingerprint density at radius 3 is 1.63 bits per heavy atom. The second kappa shape index (κ2) is 34.7. The van der Waals surface area contributed by atoms with E-state index in [4.69, 9.17) is 9.05 Å². The number of carbonyl (C=O) groups excluding carboxylic acids is 1. The van der Waals surface area contributed by atoms with E-state index in [2.05, 4.69) is 43.5 Å². The zero-order valence-electron chi connectivity index (χ0n) is 34.1. The molecular weight excluding hydrogens is 659 g/mol. The van der Waals surface area contributed by atoms with Gasteiger partial charge in [-0.25, -0.2) is 4.57 Å². The van der Waals surface area contributed by atoms with E-state index in [0.717, 1.165) is 64.2 Å². The van der Waals surface area contributed by atoms with Crippen molar-refractivity contribution in [2.45, 2.75) is 199 Å². The van der Waals surface area contributed by atoms with Crippen LogP contribution in [0.4, 0.5) is 0 Å². The van der Waals surface area contributed by atoms with Gasteiger partial charge in [-0.05, 0) is 44.9 Å². The minimum Gasteiger partial charge on any atom is -0.391 e. The van der Waals surface area contributed by atoms with Crippen LogP contribution in [-0.4, -0.2) is 73.4 Å². The molecule has 0 aromatic heterocycles. The molecule has 0 aliphatic rings. The first-order chi connectivity index (χ1) is 24.5. The quantitative estimate of drug-likeness (QED) is 0.0252. The fourth-order valence-corrected chi connectivity index (χ4v) is 6.75. The topological polar surface area (TPSA) is 105 Å². The van der Waals surface area contributed by atoms with Crippen molar-refractivity contribution in [1.82, 2.24) is 5.32 Å². The van der Waals surface area contributed by atoms with Crippen molar-refractivity contribution in [2.24, 2.45) is 0 Å². The van der Waals surface area contributed by atoms with Crippen LogP contribution in [-0.2, 0) is 18.4 Å². The number of unbranched alkanes of at least 4 members (excludes halogenated alkanes) is 21. The lowest BCUT2D eigenvalue weighted by molar-refractivity contribution is -0.870. The zero-order valence-corrected chi connectivity index (χ0v) is 35.0. The molecule has 0 heterocycles. The highest BCUT2D eigenvalue weighted by Crippen LogP contribution is 2.43. The SMILES string of the molecule is CCCCCC/C=C\C/C=C\CCCCCCCC(=O)NC(COP(=O)(O)OCC[N+](C)(C)C)C(O)CCCCCCCCCCCCCCC. The van der Waals surface area contributed by atoms with Crippen LogP contribution in [0, 0.1) is 0 Å². The number of aliphatic hydroxyl groups is 1. The van der Waals surface area contributed by atoms with Gasteiger partial charge in [0.05, 0.1) is 39.9 Å². The van der Waals surface area contributed by atoms with Crippen LogP contribution < -0.4 is 5.32 Å². The van der Waals surface area contributed by atoms with Gasteiger partial charge in [-0.15, -0.1) is 0 Å². The van der Waals surface area contributed by atoms with Gasteiger partial charge in [0.15, 0.2) is 0 Å². The molecule has 1 amide bonds. The number of hydrogen-bond acceptors (Lipinski definition) is 5. The summed E-state index contributed by atoms with van der Waals surface area (Å²) in [5.74, 6) is -0.159. The van der Waals surface area contributed by atoms with Gasteiger partial charge in [0.25, 0.3) is 0 Å². The van der Waals surface area contributed by atoms with Crippen LogP contribution in [0.5, 0.6) is 0 Å². The molecular formula is C42H84N2O6P+. The van der Waals surface area contributed by atoms with E-state index in [1.807, 2.05) is 21.1 Å². The summed E-state index contributed by atoms with van der Waals surface area (Å²) in [5.41, 5.74) is 0. The number of hydrogen-bond donors (Lipinski definition) is 3. The van der Waals surface area contributed by atoms with Gasteiger partial charge in [0.2, 0.25) is 5.91 Å². The van der Waals surface area contributed by atoms with Crippen molar-refractivity contribution in [3.05, 3.63) is 24.3 Å². The zero-order chi connectivity index (χ0) is 37.9. The molecule has 0 fully saturated rings. The maximum atomic E-state index is 12.8. The van der Waals surface area contributed by atoms with Gasteiger partial charge in [0, 0.05) is 6.42 Å². The standard InChI is InChI=1S/C42H83N2O6P/c1-6-8-10-12-14-16-18-20-21-22-24-26-28-30-32-34-36-42(46)43-40(39-50-51(47,48)49-38-37-44(3,4)5)41(45)35-33-31-29-27-25-23-19-17-15-13-11-9-7-2/h16,18,21-22,40-41,45H,6-15,17,19-20,23-39H2,1-5H3,(H-,43,46,47,48)/p+1/b18-16-,22-21-. The van der Waals surface area contributed by atoms with Crippen LogP contribution in [0.15, 0.2) is 24.3 Å². The Morgan fingerprint density at radius 2 is 1.12 bits per heavy atom. The predicted molar refractivity (Wildman–Crippen MR) is 217 cm³/mol. The first kappa shape index (κ1) is 50.0. The van der Waals surface area contributed by atoms with Crippen molar-refractivity contribution < 1.29 is 32.9 Å². The Hall–Kier alpha value is -1.02. The summed E-state index contributed by atoms with van der Waals surface area (Å²) in [4.78, 5) is 23.1. The molecule has 0 spiro atoms. The molecule has 0 aromatic rings. The molecule has 0 radical (unpaired) electrons. The van der Waals surface area contributed by atoms with E-state index < -0.39 is 20.0 Å². The van der Waals surface area contributed by atoms with Crippen LogP contribution in [0.1, 0.15) is 187 Å². The smallest absolute Gasteiger partial charge is 0.391 e. The molecule has 8 nitrogen and oxygen atoms in total. The molecule has 0 saturated heterocycles. The molecule has 0 aromatic carbocycles. The third-order valence-corrected chi connectivity index (χ3v) is 10.4. The van der Waals surface area contributed by atoms with Crippen molar-refractivity contribution >= 4 is 13.7 Å². The molecule has 0 saturated carbocycles. The summed E-state index contributed by atoms with van der Waals surface area (Å²) in [6.07, 6.45) is 39.1. The summed E-state index contributed by atoms with van der Waals surface area (Å²) in [6.45, 7) is 4.85. The molecule has 51 heavy (non-hydrogen) atoms. The summed E-state index contributed by atoms with van der Waals surface area (Å²) in [5, 5.41) is 13.9. The number of allylic oxidation sites excluding steroid dienone is 4. The first-order valence-electron chi connectivity index (χ1n) is 21.2. The van der Waals surface area contributed by atoms with E-state index in [-0.39, 0.29) is 19.1 Å². The lowest BCUT2D eigenvalue weighted by Crippen LogP contribution is -2.46. The third kappa shape index (κ3) is 37.1. The molecule has 3 N–H and O–H groups in total. The van der Waals surface area contributed by atoms with E-state index in [9.17, 15) is 19.4 Å². The Balaban J connectivity index is 4.43. The number of quaternary nitrogens is 1. The average Bonchev–Trinajstić information content (AvgIpc) is 3.07. The van der Waals surface area contributed by atoms with Crippen LogP contribution in [0.3, 0.4) is 0 Å². The Bertz CT molecular complexity index is 891. The number of phosphoric acid groups is 1. The second-order valence-electron chi connectivity index (χ2n) is 15.7. The monoisotopic (exact) mass is 744 g/mol. The number of phosphoric ester groups is 1. The summed E-state index contributed by atoms with van der Waals surface area (Å²) >= 11 is 0. The fourth-order valence-electron chi connectivity index (χ4n) is 6.02. The Labute approximate surface area is 315 Å². The highest BCUT2D eigenvalue weighted by Gasteiger charge is 2.28. The van der Waals surface area contributed by atoms with Gasteiger partial charge in [-0.3, -0.25) is 13.8 Å². The maximum absolute atomic E-state index is 12.8. The van der Waals surface area contributed by atoms with Crippen molar-refractivity contribution in [3.63, 3.8) is 0 Å². The highest BCUT2D eigenvalue weighted by molar-refractivity contribution is 7.47. The molecule has 3 unspecified atom stereocenters. The van der Waals surface area contributed by atoms with Crippen LogP contribution in [0.25, 0.3) is 0 Å². The highest BCUT2D eigenvalue weighted by atomic mass is 31.2. The van der Waals surface area contributed by atoms with Crippen molar-refractivity contribution in [3.8, 4) is 0 Å². The second-order valence-corrected chi connectivity index (χ2v) is 17.2. The average molecular weight is 744 g/mol. The van der Waals surface area contributed by atoms with E-state index >= 15 is 0 Å². The minimum atomic E-state index is -4.31. The summed E-state index contributed by atoms with van der Waals surface area (Å²) in [7, 11) is 1.60. The number of nitrogens with zero attached hydrogens (tertiary/aromatic N) is 1. The number of carbonyl (C=O) groups is 1. The third-order valence-electron chi connectivity index (χ3n) is 9.45.